The van der Waals surface area contributed by atoms with Gasteiger partial charge in [-0.15, -0.1) is 0 Å². The number of hydrogen-bond acceptors (Lipinski definition) is 2. The number of carbonyl (C=O) groups excluding carboxylic acids is 1. The van der Waals surface area contributed by atoms with Crippen molar-refractivity contribution >= 4 is 27.8 Å². The van der Waals surface area contributed by atoms with Crippen molar-refractivity contribution in [3.05, 3.63) is 34.9 Å². The Balaban J connectivity index is 2.44. The third-order valence-corrected chi connectivity index (χ3v) is 4.16. The number of alkyl halides is 1. The zero-order valence-electron chi connectivity index (χ0n) is 11.0. The number of nitrogens with zero attached hydrogens (tertiary/aromatic N) is 1. The molecule has 0 saturated carbocycles. The van der Waals surface area contributed by atoms with Crippen LogP contribution in [-0.4, -0.2) is 39.8 Å². The summed E-state index contributed by atoms with van der Waals surface area (Å²) in [6, 6.07) is -1.04. The van der Waals surface area contributed by atoms with E-state index in [9.17, 15) is 27.2 Å². The van der Waals surface area contributed by atoms with Crippen LogP contribution >= 0.6 is 15.9 Å². The van der Waals surface area contributed by atoms with Crippen molar-refractivity contribution in [1.82, 2.24) is 4.90 Å². The minimum atomic E-state index is -1.57. The molecule has 1 aliphatic heterocycles. The molecule has 1 aromatic carbocycles. The van der Waals surface area contributed by atoms with Crippen molar-refractivity contribution < 1.29 is 32.3 Å². The summed E-state index contributed by atoms with van der Waals surface area (Å²) in [5.41, 5.74) is -0.867. The van der Waals surface area contributed by atoms with Gasteiger partial charge in [-0.1, -0.05) is 15.9 Å². The molecule has 0 bridgehead atoms. The molecule has 9 heteroatoms. The summed E-state index contributed by atoms with van der Waals surface area (Å²) >= 11 is 2.89. The van der Waals surface area contributed by atoms with Crippen LogP contribution < -0.4 is 0 Å². The molecule has 1 aliphatic rings. The molecule has 0 radical (unpaired) electrons. The average molecular weight is 384 g/mol. The second-order valence-electron chi connectivity index (χ2n) is 4.87. The molecule has 1 N–H and O–H groups in total. The molecule has 1 fully saturated rings. The summed E-state index contributed by atoms with van der Waals surface area (Å²) in [6.45, 7) is -0.421. The SMILES string of the molecule is O=C(CBr)C1CC(c2c(F)c(F)cc(F)c2F)CN1C(=O)O. The second-order valence-corrected chi connectivity index (χ2v) is 5.43. The fraction of sp³-hybridized carbons (Fsp3) is 0.385. The Labute approximate surface area is 130 Å². The van der Waals surface area contributed by atoms with Gasteiger partial charge in [0.2, 0.25) is 0 Å². The first-order valence-electron chi connectivity index (χ1n) is 6.19. The first-order valence-corrected chi connectivity index (χ1v) is 7.31. The van der Waals surface area contributed by atoms with Crippen LogP contribution in [0.15, 0.2) is 6.07 Å². The molecular weight excluding hydrogens is 374 g/mol. The van der Waals surface area contributed by atoms with Crippen molar-refractivity contribution in [2.45, 2.75) is 18.4 Å². The Morgan fingerprint density at radius 2 is 1.77 bits per heavy atom. The minimum absolute atomic E-state index is 0.0825. The molecule has 22 heavy (non-hydrogen) atoms. The fourth-order valence-corrected chi connectivity index (χ4v) is 2.97. The van der Waals surface area contributed by atoms with Crippen molar-refractivity contribution in [2.24, 2.45) is 0 Å². The summed E-state index contributed by atoms with van der Waals surface area (Å²) in [6.07, 6.45) is -1.69. The van der Waals surface area contributed by atoms with Crippen LogP contribution in [0.4, 0.5) is 22.4 Å². The van der Waals surface area contributed by atoms with Crippen LogP contribution in [0.5, 0.6) is 0 Å². The van der Waals surface area contributed by atoms with E-state index in [-0.39, 0.29) is 17.8 Å². The zero-order valence-corrected chi connectivity index (χ0v) is 12.5. The zero-order chi connectivity index (χ0) is 16.6. The molecule has 0 spiro atoms. The number of rotatable bonds is 3. The van der Waals surface area contributed by atoms with Gasteiger partial charge in [0.05, 0.1) is 11.4 Å². The van der Waals surface area contributed by atoms with Gasteiger partial charge in [0.1, 0.15) is 0 Å². The molecule has 2 atom stereocenters. The predicted molar refractivity (Wildman–Crippen MR) is 71.0 cm³/mol. The standard InChI is InChI=1S/C13H10BrF4NO3/c14-3-9(20)8-1-5(4-19(8)13(21)22)10-11(17)6(15)2-7(16)12(10)18/h2,5,8H,1,3-4H2,(H,21,22). The van der Waals surface area contributed by atoms with Crippen molar-refractivity contribution in [2.75, 3.05) is 11.9 Å². The van der Waals surface area contributed by atoms with Gasteiger partial charge >= 0.3 is 6.09 Å². The fourth-order valence-electron chi connectivity index (χ4n) is 2.60. The highest BCUT2D eigenvalue weighted by atomic mass is 79.9. The van der Waals surface area contributed by atoms with Crippen molar-refractivity contribution in [3.8, 4) is 0 Å². The van der Waals surface area contributed by atoms with Crippen LogP contribution in [-0.2, 0) is 4.79 Å². The van der Waals surface area contributed by atoms with Crippen molar-refractivity contribution in [3.63, 3.8) is 0 Å². The first kappa shape index (κ1) is 16.7. The number of carboxylic acid groups (broad SMARTS) is 1. The van der Waals surface area contributed by atoms with E-state index in [2.05, 4.69) is 15.9 Å². The van der Waals surface area contributed by atoms with E-state index in [1.54, 1.807) is 0 Å². The number of likely N-dealkylation sites (tertiary alicyclic amines) is 1. The van der Waals surface area contributed by atoms with Gasteiger partial charge < -0.3 is 5.11 Å². The number of carbonyl (C=O) groups is 2. The molecule has 4 nitrogen and oxygen atoms in total. The third kappa shape index (κ3) is 2.81. The van der Waals surface area contributed by atoms with E-state index in [1.807, 2.05) is 0 Å². The predicted octanol–water partition coefficient (Wildman–Crippen LogP) is 3.04. The molecule has 2 unspecified atom stereocenters. The second kappa shape index (κ2) is 6.23. The number of Topliss-reactive ketones (excluding diaryl/α,β-unsaturated/α-hetero) is 1. The molecule has 2 rings (SSSR count). The Morgan fingerprint density at radius 1 is 1.23 bits per heavy atom. The summed E-state index contributed by atoms with van der Waals surface area (Å²) in [4.78, 5) is 23.6. The van der Waals surface area contributed by atoms with E-state index >= 15 is 0 Å². The monoisotopic (exact) mass is 383 g/mol. The van der Waals surface area contributed by atoms with Crippen molar-refractivity contribution in [1.29, 1.82) is 0 Å². The minimum Gasteiger partial charge on any atom is -0.465 e. The largest absolute Gasteiger partial charge is 0.465 e. The van der Waals surface area contributed by atoms with E-state index in [1.165, 1.54) is 0 Å². The molecule has 120 valence electrons. The van der Waals surface area contributed by atoms with Crippen LogP contribution in [0.1, 0.15) is 17.9 Å². The third-order valence-electron chi connectivity index (χ3n) is 3.60. The van der Waals surface area contributed by atoms with Gasteiger partial charge in [-0.25, -0.2) is 22.4 Å². The summed E-state index contributed by atoms with van der Waals surface area (Å²) < 4.78 is 54.1. The Bertz CT molecular complexity index is 614. The van der Waals surface area contributed by atoms with E-state index in [0.717, 1.165) is 4.90 Å². The maximum absolute atomic E-state index is 13.8. The Hall–Kier alpha value is -1.64. The van der Waals surface area contributed by atoms with Gasteiger partial charge in [0, 0.05) is 24.1 Å². The van der Waals surface area contributed by atoms with E-state index in [0.29, 0.717) is 0 Å². The van der Waals surface area contributed by atoms with Crippen LogP contribution in [0.3, 0.4) is 0 Å². The van der Waals surface area contributed by atoms with Crippen LogP contribution in [0.25, 0.3) is 0 Å². The Kier molecular flexibility index (Phi) is 4.74. The highest BCUT2D eigenvalue weighted by Crippen LogP contribution is 2.36. The van der Waals surface area contributed by atoms with E-state index < -0.39 is 59.2 Å². The van der Waals surface area contributed by atoms with Gasteiger partial charge in [0.25, 0.3) is 0 Å². The quantitative estimate of drug-likeness (QED) is 0.495. The highest BCUT2D eigenvalue weighted by Gasteiger charge is 2.42. The molecule has 0 aromatic heterocycles. The summed E-state index contributed by atoms with van der Waals surface area (Å²) in [5.74, 6) is -7.91. The number of amides is 1. The lowest BCUT2D eigenvalue weighted by Gasteiger charge is -2.19. The lowest BCUT2D eigenvalue weighted by Crippen LogP contribution is -2.40. The maximum atomic E-state index is 13.8. The summed E-state index contributed by atoms with van der Waals surface area (Å²) in [7, 11) is 0. The van der Waals surface area contributed by atoms with Gasteiger partial charge in [-0.05, 0) is 6.42 Å². The number of hydrogen-bond donors (Lipinski definition) is 1. The molecule has 1 amide bonds. The molecule has 1 aromatic rings. The lowest BCUT2D eigenvalue weighted by atomic mass is 9.94. The van der Waals surface area contributed by atoms with Crippen LogP contribution in [0, 0.1) is 23.3 Å². The Morgan fingerprint density at radius 3 is 2.23 bits per heavy atom. The van der Waals surface area contributed by atoms with Gasteiger partial charge in [-0.2, -0.15) is 0 Å². The molecular formula is C13H10BrF4NO3. The maximum Gasteiger partial charge on any atom is 0.407 e. The lowest BCUT2D eigenvalue weighted by molar-refractivity contribution is -0.120. The molecule has 0 aliphatic carbocycles. The van der Waals surface area contributed by atoms with Gasteiger partial charge in [-0.3, -0.25) is 9.69 Å². The first-order chi connectivity index (χ1) is 10.3. The molecule has 1 saturated heterocycles. The average Bonchev–Trinajstić information content (AvgIpc) is 2.90. The number of benzene rings is 1. The normalized spacial score (nSPS) is 21.2. The number of ketones is 1. The smallest absolute Gasteiger partial charge is 0.407 e. The van der Waals surface area contributed by atoms with Gasteiger partial charge in [0.15, 0.2) is 29.1 Å². The topological polar surface area (TPSA) is 57.6 Å². The van der Waals surface area contributed by atoms with E-state index in [4.69, 9.17) is 5.11 Å². The summed E-state index contributed by atoms with van der Waals surface area (Å²) in [5, 5.41) is 8.92. The molecule has 1 heterocycles. The number of halogens is 5. The highest BCUT2D eigenvalue weighted by molar-refractivity contribution is 9.09. The van der Waals surface area contributed by atoms with Crippen LogP contribution in [0.2, 0.25) is 0 Å².